The van der Waals surface area contributed by atoms with Gasteiger partial charge in [0.1, 0.15) is 5.75 Å². The summed E-state index contributed by atoms with van der Waals surface area (Å²) in [6.45, 7) is 16.1. The number of hydrogen-bond donors (Lipinski definition) is 0. The van der Waals surface area contributed by atoms with Crippen LogP contribution in [-0.4, -0.2) is 21.2 Å². The maximum absolute atomic E-state index is 12.5. The van der Waals surface area contributed by atoms with Crippen molar-refractivity contribution in [1.29, 1.82) is 0 Å². The van der Waals surface area contributed by atoms with E-state index in [-0.39, 0.29) is 5.97 Å². The fourth-order valence-electron chi connectivity index (χ4n) is 2.18. The Morgan fingerprint density at radius 2 is 1.55 bits per heavy atom. The molecule has 2 nitrogen and oxygen atoms in total. The maximum Gasteiger partial charge on any atom is 0.316 e. The van der Waals surface area contributed by atoms with Gasteiger partial charge in [-0.05, 0) is 32.0 Å². The van der Waals surface area contributed by atoms with Gasteiger partial charge in [0.05, 0.1) is 5.41 Å². The minimum Gasteiger partial charge on any atom is -0.426 e. The molecular weight excluding hydrogens is 280 g/mol. The highest BCUT2D eigenvalue weighted by Crippen LogP contribution is 2.35. The minimum atomic E-state index is -1.38. The predicted molar refractivity (Wildman–Crippen MR) is 91.5 cm³/mol. The van der Waals surface area contributed by atoms with Crippen molar-refractivity contribution in [3.63, 3.8) is 0 Å². The van der Waals surface area contributed by atoms with Crippen LogP contribution in [-0.2, 0) is 4.79 Å². The molecule has 0 fully saturated rings. The number of rotatable bonds is 5. The van der Waals surface area contributed by atoms with E-state index in [2.05, 4.69) is 32.7 Å². The molecule has 20 heavy (non-hydrogen) atoms. The van der Waals surface area contributed by atoms with Gasteiger partial charge in [-0.25, -0.2) is 0 Å². The molecule has 1 aromatic rings. The molecule has 1 aromatic carbocycles. The summed E-state index contributed by atoms with van der Waals surface area (Å²) >= 11 is 0. The van der Waals surface area contributed by atoms with Crippen LogP contribution >= 0.6 is 0 Å². The topological polar surface area (TPSA) is 26.3 Å². The molecule has 0 amide bonds. The quantitative estimate of drug-likeness (QED) is 0.446. The van der Waals surface area contributed by atoms with Gasteiger partial charge in [0.15, 0.2) is 0 Å². The lowest BCUT2D eigenvalue weighted by atomic mass is 9.97. The smallest absolute Gasteiger partial charge is 0.316 e. The van der Waals surface area contributed by atoms with E-state index in [0.717, 1.165) is 6.04 Å². The van der Waals surface area contributed by atoms with Gasteiger partial charge in [0.25, 0.3) is 0 Å². The van der Waals surface area contributed by atoms with Crippen LogP contribution in [0.2, 0.25) is 38.8 Å². The first-order valence-electron chi connectivity index (χ1n) is 7.23. The van der Waals surface area contributed by atoms with Gasteiger partial charge >= 0.3 is 5.97 Å². The van der Waals surface area contributed by atoms with Crippen molar-refractivity contribution in [3.8, 4) is 5.75 Å². The van der Waals surface area contributed by atoms with Crippen molar-refractivity contribution < 1.29 is 9.53 Å². The number of hydrogen-bond acceptors (Lipinski definition) is 2. The number of para-hydroxylation sites is 1. The summed E-state index contributed by atoms with van der Waals surface area (Å²) in [7, 11) is -2.58. The Morgan fingerprint density at radius 1 is 1.05 bits per heavy atom. The van der Waals surface area contributed by atoms with Crippen molar-refractivity contribution in [3.05, 3.63) is 30.3 Å². The third kappa shape index (κ3) is 4.31. The second-order valence-electron chi connectivity index (χ2n) is 7.90. The van der Waals surface area contributed by atoms with Gasteiger partial charge < -0.3 is 4.74 Å². The van der Waals surface area contributed by atoms with E-state index in [1.807, 2.05) is 44.2 Å². The summed E-state index contributed by atoms with van der Waals surface area (Å²) in [4.78, 5) is 12.5. The number of ether oxygens (including phenoxy) is 1. The van der Waals surface area contributed by atoms with Crippen LogP contribution < -0.4 is 4.74 Å². The first-order chi connectivity index (χ1) is 8.96. The molecule has 0 saturated carbocycles. The monoisotopic (exact) mass is 308 g/mol. The normalized spacial score (nSPS) is 13.2. The molecule has 0 aliphatic carbocycles. The Kier molecular flexibility index (Phi) is 5.03. The number of benzene rings is 1. The Balaban J connectivity index is 2.81. The molecule has 112 valence electrons. The molecule has 4 heteroatoms. The summed E-state index contributed by atoms with van der Waals surface area (Å²) in [5.74, 6) is 0.528. The van der Waals surface area contributed by atoms with Gasteiger partial charge in [0, 0.05) is 15.2 Å². The Bertz CT molecular complexity index is 459. The zero-order valence-corrected chi connectivity index (χ0v) is 15.9. The molecule has 0 unspecified atom stereocenters. The number of carbonyl (C=O) groups is 1. The predicted octanol–water partition coefficient (Wildman–Crippen LogP) is 4.74. The third-order valence-electron chi connectivity index (χ3n) is 4.42. The fourth-order valence-corrected chi connectivity index (χ4v) is 7.98. The first kappa shape index (κ1) is 17.2. The summed E-state index contributed by atoms with van der Waals surface area (Å²) in [5.41, 5.74) is -0.411. The molecule has 0 aliphatic heterocycles. The molecular formula is C16H28O2Si2. The average molecular weight is 309 g/mol. The van der Waals surface area contributed by atoms with Gasteiger partial charge in [-0.3, -0.25) is 4.79 Å². The van der Waals surface area contributed by atoms with Crippen LogP contribution in [0.5, 0.6) is 5.75 Å². The minimum absolute atomic E-state index is 0.109. The van der Waals surface area contributed by atoms with E-state index in [4.69, 9.17) is 4.74 Å². The van der Waals surface area contributed by atoms with E-state index < -0.39 is 20.6 Å². The van der Waals surface area contributed by atoms with Crippen molar-refractivity contribution in [2.75, 3.05) is 0 Å². The van der Waals surface area contributed by atoms with Crippen molar-refractivity contribution in [2.24, 2.45) is 5.41 Å². The Hall–Kier alpha value is -0.876. The van der Waals surface area contributed by atoms with Crippen LogP contribution in [0.25, 0.3) is 0 Å². The van der Waals surface area contributed by atoms with Crippen molar-refractivity contribution >= 4 is 21.2 Å². The van der Waals surface area contributed by atoms with Crippen LogP contribution in [0, 0.1) is 5.41 Å². The summed E-state index contributed by atoms with van der Waals surface area (Å²) in [5, 5.41) is 0. The summed E-state index contributed by atoms with van der Waals surface area (Å²) < 4.78 is 5.54. The van der Waals surface area contributed by atoms with Crippen LogP contribution in [0.4, 0.5) is 0 Å². The molecule has 0 atom stereocenters. The van der Waals surface area contributed by atoms with Gasteiger partial charge in [0.2, 0.25) is 0 Å². The van der Waals surface area contributed by atoms with Crippen molar-refractivity contribution in [2.45, 2.75) is 52.6 Å². The molecule has 0 spiro atoms. The zero-order valence-electron chi connectivity index (χ0n) is 13.9. The Morgan fingerprint density at radius 3 is 2.00 bits per heavy atom. The van der Waals surface area contributed by atoms with Gasteiger partial charge in [-0.1, -0.05) is 50.9 Å². The highest BCUT2D eigenvalue weighted by Gasteiger charge is 2.44. The molecule has 0 N–H and O–H groups in total. The fraction of sp³-hybridized carbons (Fsp3) is 0.562. The molecule has 0 radical (unpaired) electrons. The number of esters is 1. The highest BCUT2D eigenvalue weighted by atomic mass is 29.3. The van der Waals surface area contributed by atoms with E-state index >= 15 is 0 Å². The molecule has 0 heterocycles. The lowest BCUT2D eigenvalue weighted by molar-refractivity contribution is -0.143. The number of carbonyl (C=O) groups excluding carboxylic acids is 1. The lowest BCUT2D eigenvalue weighted by Crippen LogP contribution is -2.55. The van der Waals surface area contributed by atoms with E-state index in [9.17, 15) is 4.79 Å². The standard InChI is InChI=1S/C16H28O2Si2/c1-16(2,13-20(6,7)19(3,4)5)15(17)18-14-11-9-8-10-12-14/h8-12H,13H2,1-7H3. The zero-order chi connectivity index (χ0) is 15.6. The molecule has 0 bridgehead atoms. The van der Waals surface area contributed by atoms with E-state index in [0.29, 0.717) is 5.75 Å². The maximum atomic E-state index is 12.5. The largest absolute Gasteiger partial charge is 0.426 e. The van der Waals surface area contributed by atoms with Gasteiger partial charge in [-0.15, -0.1) is 0 Å². The second kappa shape index (κ2) is 5.86. The van der Waals surface area contributed by atoms with Gasteiger partial charge in [-0.2, -0.15) is 0 Å². The third-order valence-corrected chi connectivity index (χ3v) is 23.0. The van der Waals surface area contributed by atoms with Crippen LogP contribution in [0.15, 0.2) is 30.3 Å². The lowest BCUT2D eigenvalue weighted by Gasteiger charge is -2.40. The van der Waals surface area contributed by atoms with Crippen LogP contribution in [0.1, 0.15) is 13.8 Å². The van der Waals surface area contributed by atoms with Crippen LogP contribution in [0.3, 0.4) is 0 Å². The Labute approximate surface area is 125 Å². The molecule has 0 saturated heterocycles. The molecule has 1 rings (SSSR count). The molecule has 0 aliphatic rings. The summed E-state index contributed by atoms with van der Waals surface area (Å²) in [6.07, 6.45) is 0. The van der Waals surface area contributed by atoms with E-state index in [1.165, 1.54) is 0 Å². The molecule has 0 aromatic heterocycles. The summed E-state index contributed by atoms with van der Waals surface area (Å²) in [6, 6.07) is 10.3. The van der Waals surface area contributed by atoms with Crippen molar-refractivity contribution in [1.82, 2.24) is 0 Å². The average Bonchev–Trinajstić information content (AvgIpc) is 2.27. The van der Waals surface area contributed by atoms with E-state index in [1.54, 1.807) is 0 Å². The SMILES string of the molecule is CC(C)(C[Si](C)(C)[Si](C)(C)C)C(=O)Oc1ccccc1. The second-order valence-corrected chi connectivity index (χ2v) is 25.1. The highest BCUT2D eigenvalue weighted by molar-refractivity contribution is 7.40. The first-order valence-corrected chi connectivity index (χ1v) is 14.9.